The van der Waals surface area contributed by atoms with Crippen molar-refractivity contribution in [2.24, 2.45) is 5.73 Å². The van der Waals surface area contributed by atoms with E-state index in [9.17, 15) is 9.18 Å². The van der Waals surface area contributed by atoms with Crippen LogP contribution in [-0.4, -0.2) is 29.1 Å². The molecule has 0 aliphatic rings. The van der Waals surface area contributed by atoms with Crippen LogP contribution in [0.1, 0.15) is 10.4 Å². The van der Waals surface area contributed by atoms with Crippen LogP contribution in [0.25, 0.3) is 21.3 Å². The second kappa shape index (κ2) is 8.24. The van der Waals surface area contributed by atoms with Crippen LogP contribution in [0.4, 0.5) is 4.39 Å². The molecule has 4 rings (SSSR count). The Balaban J connectivity index is 1.49. The van der Waals surface area contributed by atoms with Crippen molar-refractivity contribution < 1.29 is 18.7 Å². The Kier molecular flexibility index (Phi) is 5.35. The van der Waals surface area contributed by atoms with Gasteiger partial charge in [0.15, 0.2) is 0 Å². The molecule has 0 bridgehead atoms. The Morgan fingerprint density at radius 3 is 2.72 bits per heavy atom. The van der Waals surface area contributed by atoms with Gasteiger partial charge >= 0.3 is 0 Å². The van der Waals surface area contributed by atoms with E-state index in [-0.39, 0.29) is 19.0 Å². The Labute approximate surface area is 169 Å². The van der Waals surface area contributed by atoms with Crippen molar-refractivity contribution in [3.8, 4) is 22.8 Å². The zero-order valence-corrected chi connectivity index (χ0v) is 16.0. The number of nitrogens with two attached hydrogens (primary N) is 1. The molecule has 0 saturated heterocycles. The third kappa shape index (κ3) is 4.17. The maximum absolute atomic E-state index is 13.6. The summed E-state index contributed by atoms with van der Waals surface area (Å²) in [6.45, 7) is 0.471. The van der Waals surface area contributed by atoms with E-state index in [1.807, 2.05) is 11.4 Å². The molecular weight excluding hydrogens is 393 g/mol. The van der Waals surface area contributed by atoms with E-state index in [1.54, 1.807) is 30.3 Å². The molecule has 0 saturated carbocycles. The minimum Gasteiger partial charge on any atom is -0.490 e. The number of rotatable bonds is 7. The number of benzene rings is 2. The second-order valence-electron chi connectivity index (χ2n) is 6.11. The molecule has 2 aromatic heterocycles. The van der Waals surface area contributed by atoms with Gasteiger partial charge in [0.1, 0.15) is 35.9 Å². The van der Waals surface area contributed by atoms with Gasteiger partial charge < -0.3 is 15.2 Å². The van der Waals surface area contributed by atoms with Crippen LogP contribution in [0.2, 0.25) is 0 Å². The van der Waals surface area contributed by atoms with Gasteiger partial charge in [0, 0.05) is 16.5 Å². The summed E-state index contributed by atoms with van der Waals surface area (Å²) in [5.41, 5.74) is 7.19. The summed E-state index contributed by atoms with van der Waals surface area (Å²) in [5, 5.41) is 2.64. The van der Waals surface area contributed by atoms with Gasteiger partial charge in [0.2, 0.25) is 11.8 Å². The summed E-state index contributed by atoms with van der Waals surface area (Å²) in [4.78, 5) is 20.5. The molecule has 8 heteroatoms. The standard InChI is InChI=1S/C21H16FN3O3S/c22-15-5-1-3-13(9-15)17-11-29-21-18(17)20(24-12-25-21)28-8-7-27-16-6-2-4-14(10-16)19(23)26/h1-6,9-12H,7-8H2,(H2,23,26). The number of thiophene rings is 1. The summed E-state index contributed by atoms with van der Waals surface area (Å²) in [7, 11) is 0. The lowest BCUT2D eigenvalue weighted by atomic mass is 10.1. The molecule has 1 amide bonds. The first kappa shape index (κ1) is 18.8. The number of primary amides is 1. The zero-order valence-electron chi connectivity index (χ0n) is 15.2. The van der Waals surface area contributed by atoms with Gasteiger partial charge in [-0.1, -0.05) is 18.2 Å². The Hall–Kier alpha value is -3.52. The number of halogens is 1. The first-order valence-electron chi connectivity index (χ1n) is 8.75. The van der Waals surface area contributed by atoms with Crippen molar-refractivity contribution >= 4 is 27.5 Å². The molecular formula is C21H16FN3O3S. The van der Waals surface area contributed by atoms with Crippen molar-refractivity contribution in [3.63, 3.8) is 0 Å². The monoisotopic (exact) mass is 409 g/mol. The van der Waals surface area contributed by atoms with Crippen LogP contribution in [0.5, 0.6) is 11.6 Å². The highest BCUT2D eigenvalue weighted by atomic mass is 32.1. The van der Waals surface area contributed by atoms with Crippen LogP contribution in [0.3, 0.4) is 0 Å². The largest absolute Gasteiger partial charge is 0.490 e. The predicted molar refractivity (Wildman–Crippen MR) is 109 cm³/mol. The molecule has 0 aliphatic heterocycles. The van der Waals surface area contributed by atoms with Crippen molar-refractivity contribution in [3.05, 3.63) is 71.6 Å². The third-order valence-corrected chi connectivity index (χ3v) is 5.07. The van der Waals surface area contributed by atoms with Crippen molar-refractivity contribution in [1.29, 1.82) is 0 Å². The average Bonchev–Trinajstić information content (AvgIpc) is 3.16. The first-order chi connectivity index (χ1) is 14.1. The summed E-state index contributed by atoms with van der Waals surface area (Å²) in [5.74, 6) is 0.101. The van der Waals surface area contributed by atoms with Gasteiger partial charge in [0.25, 0.3) is 0 Å². The van der Waals surface area contributed by atoms with Crippen molar-refractivity contribution in [1.82, 2.24) is 9.97 Å². The number of amides is 1. The molecule has 0 fully saturated rings. The fourth-order valence-electron chi connectivity index (χ4n) is 2.86. The molecule has 2 aromatic carbocycles. The van der Waals surface area contributed by atoms with E-state index in [4.69, 9.17) is 15.2 Å². The minimum atomic E-state index is -0.516. The zero-order chi connectivity index (χ0) is 20.2. The van der Waals surface area contributed by atoms with Crippen LogP contribution < -0.4 is 15.2 Å². The minimum absolute atomic E-state index is 0.228. The maximum Gasteiger partial charge on any atom is 0.248 e. The van der Waals surface area contributed by atoms with Gasteiger partial charge in [-0.15, -0.1) is 11.3 Å². The Bertz CT molecular complexity index is 1180. The third-order valence-electron chi connectivity index (χ3n) is 4.18. The second-order valence-corrected chi connectivity index (χ2v) is 6.97. The molecule has 4 aromatic rings. The smallest absolute Gasteiger partial charge is 0.248 e. The topological polar surface area (TPSA) is 87.3 Å². The van der Waals surface area contributed by atoms with Gasteiger partial charge in [-0.25, -0.2) is 14.4 Å². The van der Waals surface area contributed by atoms with Gasteiger partial charge in [0.05, 0.1) is 5.39 Å². The molecule has 0 spiro atoms. The molecule has 0 unspecified atom stereocenters. The molecule has 0 radical (unpaired) electrons. The van der Waals surface area contributed by atoms with Crippen molar-refractivity contribution in [2.45, 2.75) is 0 Å². The van der Waals surface area contributed by atoms with Gasteiger partial charge in [-0.05, 0) is 35.9 Å². The predicted octanol–water partition coefficient (Wildman–Crippen LogP) is 4.05. The fourth-order valence-corrected chi connectivity index (χ4v) is 3.77. The molecule has 0 atom stereocenters. The van der Waals surface area contributed by atoms with Crippen LogP contribution >= 0.6 is 11.3 Å². The molecule has 2 heterocycles. The highest BCUT2D eigenvalue weighted by molar-refractivity contribution is 7.17. The number of fused-ring (bicyclic) bond motifs is 1. The molecule has 29 heavy (non-hydrogen) atoms. The Morgan fingerprint density at radius 2 is 1.90 bits per heavy atom. The number of hydrogen-bond donors (Lipinski definition) is 1. The highest BCUT2D eigenvalue weighted by Crippen LogP contribution is 2.37. The van der Waals surface area contributed by atoms with E-state index in [0.717, 1.165) is 21.3 Å². The highest BCUT2D eigenvalue weighted by Gasteiger charge is 2.14. The SMILES string of the molecule is NC(=O)c1cccc(OCCOc2ncnc3scc(-c4cccc(F)c4)c23)c1. The molecule has 146 valence electrons. The quantitative estimate of drug-likeness (QED) is 0.465. The number of nitrogens with zero attached hydrogens (tertiary/aromatic N) is 2. The van der Waals surface area contributed by atoms with E-state index >= 15 is 0 Å². The number of carbonyl (C=O) groups is 1. The summed E-state index contributed by atoms with van der Waals surface area (Å²) in [6.07, 6.45) is 1.43. The average molecular weight is 409 g/mol. The van der Waals surface area contributed by atoms with Gasteiger partial charge in [-0.3, -0.25) is 4.79 Å². The lowest BCUT2D eigenvalue weighted by molar-refractivity contribution is 0.0999. The lowest BCUT2D eigenvalue weighted by Gasteiger charge is -2.10. The summed E-state index contributed by atoms with van der Waals surface area (Å²) < 4.78 is 25.1. The van der Waals surface area contributed by atoms with Crippen LogP contribution in [-0.2, 0) is 0 Å². The van der Waals surface area contributed by atoms with E-state index in [1.165, 1.54) is 29.8 Å². The fraction of sp³-hybridized carbons (Fsp3) is 0.0952. The van der Waals surface area contributed by atoms with Gasteiger partial charge in [-0.2, -0.15) is 0 Å². The van der Waals surface area contributed by atoms with E-state index in [0.29, 0.717) is 17.2 Å². The van der Waals surface area contributed by atoms with Crippen LogP contribution in [0.15, 0.2) is 60.2 Å². The first-order valence-corrected chi connectivity index (χ1v) is 9.63. The molecule has 6 nitrogen and oxygen atoms in total. The number of aromatic nitrogens is 2. The lowest BCUT2D eigenvalue weighted by Crippen LogP contribution is -2.12. The number of ether oxygens (including phenoxy) is 2. The normalized spacial score (nSPS) is 10.8. The molecule has 2 N–H and O–H groups in total. The van der Waals surface area contributed by atoms with Crippen LogP contribution in [0, 0.1) is 5.82 Å². The summed E-state index contributed by atoms with van der Waals surface area (Å²) in [6, 6.07) is 13.0. The Morgan fingerprint density at radius 1 is 1.07 bits per heavy atom. The van der Waals surface area contributed by atoms with E-state index < -0.39 is 5.91 Å². The number of carbonyl (C=O) groups excluding carboxylic acids is 1. The maximum atomic E-state index is 13.6. The number of hydrogen-bond acceptors (Lipinski definition) is 6. The summed E-state index contributed by atoms with van der Waals surface area (Å²) >= 11 is 1.44. The van der Waals surface area contributed by atoms with E-state index in [2.05, 4.69) is 9.97 Å². The molecule has 0 aliphatic carbocycles. The van der Waals surface area contributed by atoms with Crippen molar-refractivity contribution in [2.75, 3.05) is 13.2 Å².